The Kier molecular flexibility index (Phi) is 5.90. The van der Waals surface area contributed by atoms with E-state index in [-0.39, 0.29) is 0 Å². The maximum atomic E-state index is 2.50. The molecule has 0 aliphatic heterocycles. The van der Waals surface area contributed by atoms with Crippen LogP contribution in [0.2, 0.25) is 0 Å². The Morgan fingerprint density at radius 3 is 1.22 bits per heavy atom. The first-order valence-electron chi connectivity index (χ1n) is 15.7. The Hall–Kier alpha value is -4.78. The van der Waals surface area contributed by atoms with E-state index in [0.717, 1.165) is 0 Å². The van der Waals surface area contributed by atoms with Gasteiger partial charge in [-0.2, -0.15) is 0 Å². The van der Waals surface area contributed by atoms with Crippen LogP contribution in [-0.4, -0.2) is 37.3 Å². The summed E-state index contributed by atoms with van der Waals surface area (Å²) in [6.07, 6.45) is 0. The normalized spacial score (nSPS) is 12.1. The van der Waals surface area contributed by atoms with Crippen LogP contribution >= 0.6 is 22.7 Å². The van der Waals surface area contributed by atoms with Gasteiger partial charge in [0, 0.05) is 81.9 Å². The minimum Gasteiger partial charge on any atom is -0.378 e. The average Bonchev–Trinajstić information content (AvgIpc) is 3.77. The van der Waals surface area contributed by atoms with E-state index in [1.165, 1.54) is 96.3 Å². The van der Waals surface area contributed by atoms with Gasteiger partial charge in [0.15, 0.2) is 0 Å². The van der Waals surface area contributed by atoms with Crippen LogP contribution in [0.15, 0.2) is 97.1 Å². The molecule has 0 fully saturated rings. The zero-order chi connectivity index (χ0) is 31.4. The topological polar surface area (TPSA) is 16.3 Å². The molecule has 9 aromatic rings. The van der Waals surface area contributed by atoms with Gasteiger partial charge in [-0.25, -0.2) is 0 Å². The van der Waals surface area contributed by atoms with Gasteiger partial charge in [-0.15, -0.1) is 22.7 Å². The number of nitrogens with zero attached hydrogens (tertiary/aromatic N) is 4. The maximum absolute atomic E-state index is 2.50. The quantitative estimate of drug-likeness (QED) is 0.192. The molecule has 0 N–H and O–H groups in total. The summed E-state index contributed by atoms with van der Waals surface area (Å²) in [4.78, 5) is 4.37. The second-order valence-corrected chi connectivity index (χ2v) is 15.0. The van der Waals surface area contributed by atoms with Gasteiger partial charge in [-0.1, -0.05) is 35.4 Å². The summed E-state index contributed by atoms with van der Waals surface area (Å²) in [6.45, 7) is 4.32. The molecule has 4 heterocycles. The highest BCUT2D eigenvalue weighted by Gasteiger charge is 2.24. The number of hydrogen-bond donors (Lipinski definition) is 0. The first-order chi connectivity index (χ1) is 22.3. The first-order valence-corrected chi connectivity index (χ1v) is 17.3. The number of anilines is 2. The average molecular weight is 635 g/mol. The smallest absolute Gasteiger partial charge is 0.0727 e. The van der Waals surface area contributed by atoms with Crippen LogP contribution in [0.5, 0.6) is 0 Å². The molecule has 0 aliphatic rings. The molecule has 0 bridgehead atoms. The molecule has 0 amide bonds. The highest BCUT2D eigenvalue weighted by Crippen LogP contribution is 2.48. The van der Waals surface area contributed by atoms with Gasteiger partial charge >= 0.3 is 0 Å². The Labute approximate surface area is 275 Å². The zero-order valence-corrected chi connectivity index (χ0v) is 28.5. The van der Waals surface area contributed by atoms with E-state index in [1.54, 1.807) is 0 Å². The van der Waals surface area contributed by atoms with Crippen molar-refractivity contribution in [3.05, 3.63) is 108 Å². The third-order valence-corrected chi connectivity index (χ3v) is 11.8. The van der Waals surface area contributed by atoms with E-state index in [2.05, 4.69) is 158 Å². The van der Waals surface area contributed by atoms with E-state index in [0.29, 0.717) is 0 Å². The van der Waals surface area contributed by atoms with Crippen molar-refractivity contribution in [1.82, 2.24) is 9.13 Å². The maximum Gasteiger partial charge on any atom is 0.0727 e. The predicted octanol–water partition coefficient (Wildman–Crippen LogP) is 11.1. The second kappa shape index (κ2) is 9.86. The summed E-state index contributed by atoms with van der Waals surface area (Å²) in [6, 6.07) is 36.7. The highest BCUT2D eigenvalue weighted by atomic mass is 32.1. The van der Waals surface area contributed by atoms with E-state index >= 15 is 0 Å². The molecular formula is C40H34N4S2. The van der Waals surface area contributed by atoms with Crippen LogP contribution in [0.4, 0.5) is 11.4 Å². The largest absolute Gasteiger partial charge is 0.378 e. The number of aryl methyl sites for hydroxylation is 2. The molecule has 0 saturated heterocycles. The number of aromatic nitrogens is 2. The van der Waals surface area contributed by atoms with Gasteiger partial charge in [0.1, 0.15) is 0 Å². The van der Waals surface area contributed by atoms with Gasteiger partial charge in [0.25, 0.3) is 0 Å². The summed E-state index contributed by atoms with van der Waals surface area (Å²) in [5.74, 6) is 0. The van der Waals surface area contributed by atoms with Crippen molar-refractivity contribution in [2.45, 2.75) is 13.8 Å². The summed E-state index contributed by atoms with van der Waals surface area (Å²) in [5, 5.41) is 5.20. The number of benzene rings is 5. The van der Waals surface area contributed by atoms with E-state index in [9.17, 15) is 0 Å². The molecule has 6 heteroatoms. The van der Waals surface area contributed by atoms with Crippen molar-refractivity contribution < 1.29 is 0 Å². The lowest BCUT2D eigenvalue weighted by Gasteiger charge is -2.13. The molecule has 0 spiro atoms. The molecule has 4 aromatic heterocycles. The van der Waals surface area contributed by atoms with Crippen LogP contribution in [-0.2, 0) is 0 Å². The van der Waals surface area contributed by atoms with Crippen molar-refractivity contribution in [3.63, 3.8) is 0 Å². The van der Waals surface area contributed by atoms with Crippen LogP contribution in [0, 0.1) is 13.8 Å². The molecule has 0 atom stereocenters. The molecule has 0 unspecified atom stereocenters. The third kappa shape index (κ3) is 3.90. The molecule has 9 rings (SSSR count). The van der Waals surface area contributed by atoms with Crippen LogP contribution in [0.1, 0.15) is 11.1 Å². The number of fused-ring (bicyclic) bond motifs is 10. The molecule has 46 heavy (non-hydrogen) atoms. The highest BCUT2D eigenvalue weighted by molar-refractivity contribution is 7.27. The standard InChI is InChI=1S/C40H34N4S2/c1-23-7-11-25(12-8-23)43-33-21-32-34(22-31(33)39-37(43)29-17-15-27(41(3)4)19-35(29)45-39)44(26-13-9-24(2)10-14-26)38-30-18-16-28(42(5)6)20-36(30)46-40(32)38/h7-22H,1-6H3. The molecule has 5 aromatic carbocycles. The lowest BCUT2D eigenvalue weighted by Crippen LogP contribution is -2.07. The van der Waals surface area contributed by atoms with Gasteiger partial charge in [-0.05, 0) is 86.6 Å². The predicted molar refractivity (Wildman–Crippen MR) is 204 cm³/mol. The van der Waals surface area contributed by atoms with Crippen molar-refractivity contribution in [2.24, 2.45) is 0 Å². The molecule has 0 radical (unpaired) electrons. The van der Waals surface area contributed by atoms with Gasteiger partial charge < -0.3 is 18.9 Å². The lowest BCUT2D eigenvalue weighted by atomic mass is 10.1. The fourth-order valence-corrected chi connectivity index (χ4v) is 9.48. The minimum atomic E-state index is 1.20. The van der Waals surface area contributed by atoms with Crippen molar-refractivity contribution >= 4 is 96.5 Å². The van der Waals surface area contributed by atoms with Crippen molar-refractivity contribution in [2.75, 3.05) is 38.0 Å². The summed E-state index contributed by atoms with van der Waals surface area (Å²) in [7, 11) is 8.46. The molecule has 226 valence electrons. The van der Waals surface area contributed by atoms with E-state index < -0.39 is 0 Å². The Morgan fingerprint density at radius 1 is 0.457 bits per heavy atom. The lowest BCUT2D eigenvalue weighted by molar-refractivity contribution is 1.14. The number of hydrogen-bond acceptors (Lipinski definition) is 4. The zero-order valence-electron chi connectivity index (χ0n) is 26.8. The number of thiophene rings is 2. The fourth-order valence-electron chi connectivity index (χ4n) is 6.98. The Morgan fingerprint density at radius 2 is 0.848 bits per heavy atom. The van der Waals surface area contributed by atoms with Gasteiger partial charge in [-0.3, -0.25) is 0 Å². The third-order valence-electron chi connectivity index (χ3n) is 9.44. The van der Waals surface area contributed by atoms with Crippen LogP contribution in [0.25, 0.3) is 73.8 Å². The molecule has 4 nitrogen and oxygen atoms in total. The summed E-state index contributed by atoms with van der Waals surface area (Å²) >= 11 is 3.82. The molecule has 0 saturated carbocycles. The van der Waals surface area contributed by atoms with Gasteiger partial charge in [0.05, 0.1) is 31.5 Å². The van der Waals surface area contributed by atoms with Crippen LogP contribution in [0.3, 0.4) is 0 Å². The van der Waals surface area contributed by atoms with E-state index in [4.69, 9.17) is 0 Å². The minimum absolute atomic E-state index is 1.20. The van der Waals surface area contributed by atoms with Crippen molar-refractivity contribution in [3.8, 4) is 11.4 Å². The summed E-state index contributed by atoms with van der Waals surface area (Å²) < 4.78 is 10.3. The first kappa shape index (κ1) is 27.5. The molecule has 0 aliphatic carbocycles. The van der Waals surface area contributed by atoms with E-state index in [1.807, 2.05) is 22.7 Å². The van der Waals surface area contributed by atoms with Crippen molar-refractivity contribution in [1.29, 1.82) is 0 Å². The number of rotatable bonds is 4. The van der Waals surface area contributed by atoms with Crippen LogP contribution < -0.4 is 9.80 Å². The second-order valence-electron chi connectivity index (χ2n) is 12.9. The Balaban J connectivity index is 1.46. The SMILES string of the molecule is Cc1ccc(-n2c3cc4c5sc6cc(N(C)C)ccc6c5n(-c5ccc(C)cc5)c4cc3c3sc4cc(N(C)C)ccc4c32)cc1. The monoisotopic (exact) mass is 634 g/mol. The Bertz CT molecular complexity index is 2460. The summed E-state index contributed by atoms with van der Waals surface area (Å²) in [5.41, 5.74) is 12.5. The molecular weight excluding hydrogens is 601 g/mol. The van der Waals surface area contributed by atoms with Gasteiger partial charge in [0.2, 0.25) is 0 Å². The fraction of sp³-hybridized carbons (Fsp3) is 0.150.